The molecular weight excluding hydrogens is 100 g/mol. The third kappa shape index (κ3) is 3.40. The molecule has 0 rings (SSSR count). The van der Waals surface area contributed by atoms with Crippen LogP contribution in [0.3, 0.4) is 0 Å². The third-order valence-corrected chi connectivity index (χ3v) is 0.832. The molecule has 0 saturated heterocycles. The Balaban J connectivity index is 3.40. The molecule has 0 amide bonds. The van der Waals surface area contributed by atoms with Crippen molar-refractivity contribution >= 4 is 6.21 Å². The maximum absolute atomic E-state index is 2.98. The molecule has 0 heterocycles. The van der Waals surface area contributed by atoms with E-state index in [1.807, 2.05) is 44.1 Å². The minimum absolute atomic E-state index is 1.88. The van der Waals surface area contributed by atoms with Gasteiger partial charge in [-0.3, -0.25) is 0 Å². The smallest absolute Gasteiger partial charge is 0.167 e. The van der Waals surface area contributed by atoms with E-state index >= 15 is 0 Å². The Morgan fingerprint density at radius 1 is 1.38 bits per heavy atom. The average Bonchev–Trinajstić information content (AvgIpc) is 1.83. The van der Waals surface area contributed by atoms with Crippen LogP contribution < -0.4 is 5.43 Å². The van der Waals surface area contributed by atoms with Gasteiger partial charge in [-0.15, -0.1) is 4.68 Å². The zero-order valence-electron chi connectivity index (χ0n) is 5.68. The van der Waals surface area contributed by atoms with E-state index < -0.39 is 0 Å². The summed E-state index contributed by atoms with van der Waals surface area (Å²) >= 11 is 0. The number of hydrazone groups is 1. The first kappa shape index (κ1) is 7.21. The zero-order valence-corrected chi connectivity index (χ0v) is 5.68. The van der Waals surface area contributed by atoms with E-state index in [9.17, 15) is 0 Å². The molecule has 0 aromatic carbocycles. The molecule has 0 aliphatic rings. The molecule has 1 N–H and O–H groups in total. The van der Waals surface area contributed by atoms with Gasteiger partial charge in [-0.05, 0) is 6.92 Å². The van der Waals surface area contributed by atoms with Crippen LogP contribution in [-0.2, 0) is 0 Å². The first-order valence-electron chi connectivity index (χ1n) is 2.71. The third-order valence-electron chi connectivity index (χ3n) is 0.832. The van der Waals surface area contributed by atoms with Gasteiger partial charge in [0, 0.05) is 6.92 Å². The molecule has 0 spiro atoms. The molecule has 2 nitrogen and oxygen atoms in total. The topological polar surface area (TPSA) is 15.0 Å². The van der Waals surface area contributed by atoms with Gasteiger partial charge in [-0.2, -0.15) is 5.43 Å². The molecule has 0 aromatic rings. The average molecular weight is 113 g/mol. The van der Waals surface area contributed by atoms with Gasteiger partial charge in [0.25, 0.3) is 0 Å². The first-order chi connectivity index (χ1) is 3.81. The van der Waals surface area contributed by atoms with Crippen molar-refractivity contribution in [2.45, 2.75) is 13.8 Å². The fourth-order valence-electron chi connectivity index (χ4n) is 0.267. The Labute approximate surface area is 50.5 Å². The molecule has 8 heavy (non-hydrogen) atoms. The number of hydrazine groups is 1. The van der Waals surface area contributed by atoms with Crippen LogP contribution in [0.25, 0.3) is 0 Å². The number of hydrogen-bond acceptors (Lipinski definition) is 1. The molecule has 0 saturated carbocycles. The minimum Gasteiger partial charge on any atom is -0.174 e. The standard InChI is InChI=1S/C6H13N2/c1-4-6-7-8(3)5-2/h4-7H,1-3H3/q+1. The summed E-state index contributed by atoms with van der Waals surface area (Å²) in [6.45, 7) is 3.94. The van der Waals surface area contributed by atoms with Crippen LogP contribution in [0.1, 0.15) is 13.8 Å². The van der Waals surface area contributed by atoms with E-state index in [2.05, 4.69) is 5.43 Å². The number of nitrogens with zero attached hydrogens (tertiary/aromatic N) is 1. The van der Waals surface area contributed by atoms with Crippen molar-refractivity contribution in [3.8, 4) is 0 Å². The molecule has 0 aliphatic heterocycles. The van der Waals surface area contributed by atoms with Crippen molar-refractivity contribution in [3.63, 3.8) is 0 Å². The van der Waals surface area contributed by atoms with E-state index in [-0.39, 0.29) is 0 Å². The van der Waals surface area contributed by atoms with Crippen LogP contribution in [0.2, 0.25) is 0 Å². The SMILES string of the molecule is CC=CN[N+](C)=CC. The molecule has 0 fully saturated rings. The first-order valence-corrected chi connectivity index (χ1v) is 2.71. The predicted molar refractivity (Wildman–Crippen MR) is 35.9 cm³/mol. The lowest BCUT2D eigenvalue weighted by atomic mass is 10.7. The molecule has 0 unspecified atom stereocenters. The van der Waals surface area contributed by atoms with Crippen LogP contribution in [0.5, 0.6) is 0 Å². The van der Waals surface area contributed by atoms with Gasteiger partial charge < -0.3 is 0 Å². The van der Waals surface area contributed by atoms with Crippen LogP contribution in [0, 0.1) is 0 Å². The van der Waals surface area contributed by atoms with Crippen molar-refractivity contribution in [3.05, 3.63) is 12.3 Å². The number of nitrogens with one attached hydrogen (secondary N) is 1. The molecule has 0 aliphatic carbocycles. The monoisotopic (exact) mass is 113 g/mol. The molecular formula is C6H13N2+. The van der Waals surface area contributed by atoms with Crippen LogP contribution in [-0.4, -0.2) is 17.9 Å². The summed E-state index contributed by atoms with van der Waals surface area (Å²) in [7, 11) is 1.94. The van der Waals surface area contributed by atoms with E-state index in [0.717, 1.165) is 0 Å². The Kier molecular flexibility index (Phi) is 3.94. The summed E-state index contributed by atoms with van der Waals surface area (Å²) in [5.41, 5.74) is 2.98. The van der Waals surface area contributed by atoms with Gasteiger partial charge in [-0.25, -0.2) is 0 Å². The summed E-state index contributed by atoms with van der Waals surface area (Å²) in [5, 5.41) is 0. The van der Waals surface area contributed by atoms with Gasteiger partial charge in [0.05, 0.1) is 6.20 Å². The van der Waals surface area contributed by atoms with Gasteiger partial charge in [0.15, 0.2) is 13.3 Å². The number of allylic oxidation sites excluding steroid dienone is 1. The summed E-state index contributed by atoms with van der Waals surface area (Å²) in [5.74, 6) is 0. The van der Waals surface area contributed by atoms with E-state index in [1.54, 1.807) is 0 Å². The molecule has 0 radical (unpaired) electrons. The summed E-state index contributed by atoms with van der Waals surface area (Å²) in [6, 6.07) is 0. The Hall–Kier alpha value is -0.790. The molecule has 46 valence electrons. The molecule has 2 heteroatoms. The van der Waals surface area contributed by atoms with E-state index in [4.69, 9.17) is 0 Å². The lowest BCUT2D eigenvalue weighted by Crippen LogP contribution is -2.19. The maximum Gasteiger partial charge on any atom is 0.167 e. The minimum atomic E-state index is 1.88. The van der Waals surface area contributed by atoms with E-state index in [0.29, 0.717) is 0 Å². The van der Waals surface area contributed by atoms with E-state index in [1.165, 1.54) is 0 Å². The highest BCUT2D eigenvalue weighted by Crippen LogP contribution is 1.60. The van der Waals surface area contributed by atoms with Gasteiger partial charge in [-0.1, -0.05) is 6.08 Å². The number of rotatable bonds is 2. The van der Waals surface area contributed by atoms with Crippen LogP contribution >= 0.6 is 0 Å². The highest BCUT2D eigenvalue weighted by Gasteiger charge is 1.79. The Bertz CT molecular complexity index is 103. The van der Waals surface area contributed by atoms with Gasteiger partial charge in [0.2, 0.25) is 0 Å². The molecule has 0 bridgehead atoms. The lowest BCUT2D eigenvalue weighted by molar-refractivity contribution is -0.544. The maximum atomic E-state index is 2.98. The van der Waals surface area contributed by atoms with Crippen molar-refractivity contribution in [1.29, 1.82) is 0 Å². The largest absolute Gasteiger partial charge is 0.174 e. The Morgan fingerprint density at radius 2 is 2.00 bits per heavy atom. The van der Waals surface area contributed by atoms with Crippen LogP contribution in [0.4, 0.5) is 0 Å². The number of hydrogen-bond donors (Lipinski definition) is 1. The van der Waals surface area contributed by atoms with Crippen molar-refractivity contribution in [2.24, 2.45) is 0 Å². The highest BCUT2D eigenvalue weighted by atomic mass is 15.4. The molecule has 0 atom stereocenters. The van der Waals surface area contributed by atoms with Crippen molar-refractivity contribution < 1.29 is 4.68 Å². The predicted octanol–water partition coefficient (Wildman–Crippen LogP) is 0.758. The normalized spacial score (nSPS) is 12.6. The zero-order chi connectivity index (χ0) is 6.41. The summed E-state index contributed by atoms with van der Waals surface area (Å²) in [6.07, 6.45) is 5.76. The summed E-state index contributed by atoms with van der Waals surface area (Å²) < 4.78 is 1.88. The van der Waals surface area contributed by atoms with Crippen LogP contribution in [0.15, 0.2) is 12.3 Å². The van der Waals surface area contributed by atoms with Gasteiger partial charge >= 0.3 is 0 Å². The highest BCUT2D eigenvalue weighted by molar-refractivity contribution is 5.46. The second-order valence-electron chi connectivity index (χ2n) is 1.50. The molecule has 0 aromatic heterocycles. The second-order valence-corrected chi connectivity index (χ2v) is 1.50. The Morgan fingerprint density at radius 3 is 2.38 bits per heavy atom. The fraction of sp³-hybridized carbons (Fsp3) is 0.500. The quantitative estimate of drug-likeness (QED) is 0.317. The van der Waals surface area contributed by atoms with Crippen molar-refractivity contribution in [1.82, 2.24) is 5.43 Å². The fourth-order valence-corrected chi connectivity index (χ4v) is 0.267. The second kappa shape index (κ2) is 4.37. The van der Waals surface area contributed by atoms with Gasteiger partial charge in [0.1, 0.15) is 0 Å². The lowest BCUT2D eigenvalue weighted by Gasteiger charge is -1.88. The summed E-state index contributed by atoms with van der Waals surface area (Å²) in [4.78, 5) is 0. The van der Waals surface area contributed by atoms with Crippen molar-refractivity contribution in [2.75, 3.05) is 7.05 Å².